The Hall–Kier alpha value is -1.34. The lowest BCUT2D eigenvalue weighted by molar-refractivity contribution is 0.00467. The van der Waals surface area contributed by atoms with Crippen LogP contribution in [-0.4, -0.2) is 66.7 Å². The molecule has 3 rings (SSSR count). The summed E-state index contributed by atoms with van der Waals surface area (Å²) in [5.41, 5.74) is 0.526. The van der Waals surface area contributed by atoms with Gasteiger partial charge in [0.25, 0.3) is 0 Å². The first-order chi connectivity index (χ1) is 15.1. The van der Waals surface area contributed by atoms with E-state index in [1.807, 2.05) is 18.2 Å². The summed E-state index contributed by atoms with van der Waals surface area (Å²) in [5, 5.41) is 24.5. The van der Waals surface area contributed by atoms with Gasteiger partial charge >= 0.3 is 0 Å². The SMILES string of the molecule is COc1cc(CNCC2(O)CCCCC2)ccc1OCC(O)CN1CCCCCCC1. The smallest absolute Gasteiger partial charge is 0.161 e. The topological polar surface area (TPSA) is 74.2 Å². The Morgan fingerprint density at radius 3 is 2.39 bits per heavy atom. The number of β-amino-alcohol motifs (C(OH)–C–C–N with tert-alkyl or cyclic N) is 1. The molecular formula is C25H42N2O4. The highest BCUT2D eigenvalue weighted by Crippen LogP contribution is 2.29. The van der Waals surface area contributed by atoms with Crippen molar-refractivity contribution in [2.45, 2.75) is 82.5 Å². The fraction of sp³-hybridized carbons (Fsp3) is 0.760. The predicted molar refractivity (Wildman–Crippen MR) is 124 cm³/mol. The summed E-state index contributed by atoms with van der Waals surface area (Å²) in [4.78, 5) is 2.36. The van der Waals surface area contributed by atoms with Crippen LogP contribution in [0.1, 0.15) is 69.8 Å². The normalized spacial score (nSPS) is 21.1. The van der Waals surface area contributed by atoms with Crippen LogP contribution in [0.15, 0.2) is 18.2 Å². The van der Waals surface area contributed by atoms with Gasteiger partial charge in [-0.25, -0.2) is 0 Å². The second kappa shape index (κ2) is 12.6. The van der Waals surface area contributed by atoms with E-state index >= 15 is 0 Å². The summed E-state index contributed by atoms with van der Waals surface area (Å²) in [6, 6.07) is 5.90. The minimum absolute atomic E-state index is 0.261. The molecule has 1 aliphatic heterocycles. The third-order valence-corrected chi connectivity index (χ3v) is 6.64. The molecule has 0 bridgehead atoms. The Morgan fingerprint density at radius 1 is 1.00 bits per heavy atom. The van der Waals surface area contributed by atoms with Gasteiger partial charge < -0.3 is 29.9 Å². The van der Waals surface area contributed by atoms with Crippen molar-refractivity contribution in [3.05, 3.63) is 23.8 Å². The van der Waals surface area contributed by atoms with Crippen molar-refractivity contribution in [1.82, 2.24) is 10.2 Å². The van der Waals surface area contributed by atoms with Crippen molar-refractivity contribution < 1.29 is 19.7 Å². The van der Waals surface area contributed by atoms with Crippen LogP contribution in [0, 0.1) is 0 Å². The molecule has 1 aliphatic carbocycles. The molecule has 6 nitrogen and oxygen atoms in total. The Labute approximate surface area is 187 Å². The first-order valence-electron chi connectivity index (χ1n) is 12.2. The van der Waals surface area contributed by atoms with E-state index in [1.165, 1.54) is 38.5 Å². The van der Waals surface area contributed by atoms with Crippen molar-refractivity contribution in [3.63, 3.8) is 0 Å². The number of nitrogens with zero attached hydrogens (tertiary/aromatic N) is 1. The van der Waals surface area contributed by atoms with Gasteiger partial charge in [0.2, 0.25) is 0 Å². The molecule has 2 aliphatic rings. The van der Waals surface area contributed by atoms with Crippen molar-refractivity contribution in [2.75, 3.05) is 39.9 Å². The molecule has 0 aromatic heterocycles. The zero-order chi connectivity index (χ0) is 21.9. The average Bonchev–Trinajstić information content (AvgIpc) is 2.75. The molecule has 31 heavy (non-hydrogen) atoms. The number of hydrogen-bond donors (Lipinski definition) is 3. The van der Waals surface area contributed by atoms with E-state index in [-0.39, 0.29) is 6.61 Å². The molecule has 1 saturated carbocycles. The number of nitrogens with one attached hydrogen (secondary N) is 1. The summed E-state index contributed by atoms with van der Waals surface area (Å²) in [5.74, 6) is 1.33. The molecule has 1 saturated heterocycles. The van der Waals surface area contributed by atoms with E-state index in [1.54, 1.807) is 7.11 Å². The van der Waals surface area contributed by atoms with Crippen LogP contribution < -0.4 is 14.8 Å². The molecule has 1 atom stereocenters. The molecule has 0 spiro atoms. The third kappa shape index (κ3) is 8.26. The Balaban J connectivity index is 1.44. The number of rotatable bonds is 10. The summed E-state index contributed by atoms with van der Waals surface area (Å²) >= 11 is 0. The Bertz CT molecular complexity index is 640. The molecule has 1 aromatic rings. The molecule has 1 aromatic carbocycles. The lowest BCUT2D eigenvalue weighted by Crippen LogP contribution is -2.41. The standard InChI is InChI=1S/C25H42N2O4/c1-30-24-16-21(17-26-20-25(29)12-6-5-7-13-25)10-11-23(24)31-19-22(28)18-27-14-8-3-2-4-9-15-27/h10-11,16,22,26,28-29H,2-9,12-15,17-20H2,1H3. The fourth-order valence-corrected chi connectivity index (χ4v) is 4.80. The number of methoxy groups -OCH3 is 1. The number of benzene rings is 1. The highest BCUT2D eigenvalue weighted by molar-refractivity contribution is 5.43. The van der Waals surface area contributed by atoms with Gasteiger partial charge in [0.05, 0.1) is 12.7 Å². The predicted octanol–water partition coefficient (Wildman–Crippen LogP) is 3.49. The molecule has 0 amide bonds. The maximum Gasteiger partial charge on any atom is 0.161 e. The van der Waals surface area contributed by atoms with E-state index in [9.17, 15) is 10.2 Å². The van der Waals surface area contributed by atoms with Gasteiger partial charge in [-0.3, -0.25) is 0 Å². The van der Waals surface area contributed by atoms with Gasteiger partial charge in [-0.15, -0.1) is 0 Å². The lowest BCUT2D eigenvalue weighted by Gasteiger charge is -2.32. The van der Waals surface area contributed by atoms with Crippen LogP contribution in [-0.2, 0) is 6.54 Å². The van der Waals surface area contributed by atoms with Gasteiger partial charge in [0.1, 0.15) is 12.7 Å². The lowest BCUT2D eigenvalue weighted by atomic mass is 9.85. The summed E-state index contributed by atoms with van der Waals surface area (Å²) in [6.07, 6.45) is 11.1. The monoisotopic (exact) mass is 434 g/mol. The molecular weight excluding hydrogens is 392 g/mol. The first-order valence-corrected chi connectivity index (χ1v) is 12.2. The van der Waals surface area contributed by atoms with Crippen LogP contribution in [0.25, 0.3) is 0 Å². The molecule has 176 valence electrons. The van der Waals surface area contributed by atoms with E-state index in [0.717, 1.165) is 44.3 Å². The average molecular weight is 435 g/mol. The molecule has 3 N–H and O–H groups in total. The summed E-state index contributed by atoms with van der Waals surface area (Å²) in [6.45, 7) is 4.35. The minimum Gasteiger partial charge on any atom is -0.493 e. The molecule has 2 fully saturated rings. The number of aliphatic hydroxyl groups is 2. The number of hydrogen-bond acceptors (Lipinski definition) is 6. The molecule has 0 radical (unpaired) electrons. The Morgan fingerprint density at radius 2 is 1.68 bits per heavy atom. The molecule has 6 heteroatoms. The summed E-state index contributed by atoms with van der Waals surface area (Å²) < 4.78 is 11.4. The second-order valence-electron chi connectivity index (χ2n) is 9.41. The minimum atomic E-state index is -0.561. The Kier molecular flexibility index (Phi) is 9.91. The van der Waals surface area contributed by atoms with Crippen molar-refractivity contribution >= 4 is 0 Å². The molecule has 1 unspecified atom stereocenters. The van der Waals surface area contributed by atoms with Gasteiger partial charge in [-0.2, -0.15) is 0 Å². The fourth-order valence-electron chi connectivity index (χ4n) is 4.80. The van der Waals surface area contributed by atoms with Crippen LogP contribution in [0.5, 0.6) is 11.5 Å². The van der Waals surface area contributed by atoms with Crippen molar-refractivity contribution in [2.24, 2.45) is 0 Å². The highest BCUT2D eigenvalue weighted by atomic mass is 16.5. The largest absolute Gasteiger partial charge is 0.493 e. The van der Waals surface area contributed by atoms with Gasteiger partial charge in [-0.05, 0) is 56.5 Å². The number of ether oxygens (including phenoxy) is 2. The van der Waals surface area contributed by atoms with Gasteiger partial charge in [0.15, 0.2) is 11.5 Å². The van der Waals surface area contributed by atoms with E-state index < -0.39 is 11.7 Å². The second-order valence-corrected chi connectivity index (χ2v) is 9.41. The highest BCUT2D eigenvalue weighted by Gasteiger charge is 2.28. The van der Waals surface area contributed by atoms with Crippen molar-refractivity contribution in [1.29, 1.82) is 0 Å². The van der Waals surface area contributed by atoms with Gasteiger partial charge in [0, 0.05) is 19.6 Å². The number of likely N-dealkylation sites (tertiary alicyclic amines) is 1. The van der Waals surface area contributed by atoms with Crippen LogP contribution >= 0.6 is 0 Å². The van der Waals surface area contributed by atoms with Gasteiger partial charge in [-0.1, -0.05) is 44.6 Å². The number of aliphatic hydroxyl groups excluding tert-OH is 1. The maximum absolute atomic E-state index is 10.6. The van der Waals surface area contributed by atoms with Crippen molar-refractivity contribution in [3.8, 4) is 11.5 Å². The zero-order valence-electron chi connectivity index (χ0n) is 19.3. The molecule has 1 heterocycles. The van der Waals surface area contributed by atoms with E-state index in [4.69, 9.17) is 9.47 Å². The van der Waals surface area contributed by atoms with E-state index in [2.05, 4.69) is 10.2 Å². The maximum atomic E-state index is 10.6. The summed E-state index contributed by atoms with van der Waals surface area (Å²) in [7, 11) is 1.64. The van der Waals surface area contributed by atoms with Crippen LogP contribution in [0.2, 0.25) is 0 Å². The third-order valence-electron chi connectivity index (χ3n) is 6.64. The van der Waals surface area contributed by atoms with E-state index in [0.29, 0.717) is 31.1 Å². The quantitative estimate of drug-likeness (QED) is 0.524. The van der Waals surface area contributed by atoms with Crippen LogP contribution in [0.4, 0.5) is 0 Å². The van der Waals surface area contributed by atoms with Crippen LogP contribution in [0.3, 0.4) is 0 Å². The first kappa shape index (κ1) is 24.3. The zero-order valence-corrected chi connectivity index (χ0v) is 19.3.